The highest BCUT2D eigenvalue weighted by atomic mass is 32.2. The number of methoxy groups -OCH3 is 2. The molecule has 0 atom stereocenters. The second-order valence-corrected chi connectivity index (χ2v) is 6.49. The first-order chi connectivity index (χ1) is 12.6. The van der Waals surface area contributed by atoms with Gasteiger partial charge in [-0.2, -0.15) is 8.42 Å². The Bertz CT molecular complexity index is 937. The minimum absolute atomic E-state index is 0.0457. The van der Waals surface area contributed by atoms with Crippen molar-refractivity contribution in [3.05, 3.63) is 39.6 Å². The SMILES string of the molecule is COC(=O)C1=C(C(=O)OC)N(c2ccc(S(=O)(=O)O)c([N+](=O)[O-])c2)COC1. The van der Waals surface area contributed by atoms with E-state index >= 15 is 0 Å². The molecule has 0 spiro atoms. The van der Waals surface area contributed by atoms with Gasteiger partial charge in [-0.25, -0.2) is 9.59 Å². The smallest absolute Gasteiger partial charge is 0.355 e. The lowest BCUT2D eigenvalue weighted by atomic mass is 10.1. The zero-order valence-corrected chi connectivity index (χ0v) is 14.9. The Morgan fingerprint density at radius 3 is 2.41 bits per heavy atom. The van der Waals surface area contributed by atoms with Gasteiger partial charge in [0.1, 0.15) is 12.4 Å². The van der Waals surface area contributed by atoms with Crippen LogP contribution in [0.25, 0.3) is 0 Å². The third-order valence-electron chi connectivity index (χ3n) is 3.56. The van der Waals surface area contributed by atoms with Gasteiger partial charge in [-0.1, -0.05) is 0 Å². The minimum atomic E-state index is -4.86. The monoisotopic (exact) mass is 402 g/mol. The van der Waals surface area contributed by atoms with E-state index in [2.05, 4.69) is 9.47 Å². The van der Waals surface area contributed by atoms with Gasteiger partial charge in [-0.3, -0.25) is 14.7 Å². The molecule has 0 radical (unpaired) electrons. The maximum atomic E-state index is 12.2. The zero-order chi connectivity index (χ0) is 20.4. The number of anilines is 1. The standard InChI is InChI=1S/C14H14N2O10S/c1-24-13(17)9-6-26-7-15(12(9)14(18)25-2)8-3-4-11(27(21,22)23)10(5-8)16(19)20/h3-5H,6-7H2,1-2H3,(H,21,22,23). The average molecular weight is 402 g/mol. The van der Waals surface area contributed by atoms with Crippen molar-refractivity contribution >= 4 is 33.4 Å². The van der Waals surface area contributed by atoms with E-state index in [1.807, 2.05) is 0 Å². The van der Waals surface area contributed by atoms with Crippen molar-refractivity contribution in [1.82, 2.24) is 0 Å². The maximum absolute atomic E-state index is 12.2. The Kier molecular flexibility index (Phi) is 5.78. The lowest BCUT2D eigenvalue weighted by Crippen LogP contribution is -2.38. The van der Waals surface area contributed by atoms with Crippen LogP contribution in [0, 0.1) is 10.1 Å². The van der Waals surface area contributed by atoms with Crippen LogP contribution in [0.2, 0.25) is 0 Å². The van der Waals surface area contributed by atoms with Crippen molar-refractivity contribution in [3.8, 4) is 0 Å². The summed E-state index contributed by atoms with van der Waals surface area (Å²) in [4.78, 5) is 34.4. The molecule has 0 unspecified atom stereocenters. The van der Waals surface area contributed by atoms with Crippen LogP contribution in [-0.2, 0) is 33.9 Å². The Labute approximate surface area is 152 Å². The first kappa shape index (κ1) is 20.3. The number of benzene rings is 1. The fraction of sp³-hybridized carbons (Fsp3) is 0.286. The molecule has 2 rings (SSSR count). The van der Waals surface area contributed by atoms with E-state index in [-0.39, 0.29) is 30.3 Å². The van der Waals surface area contributed by atoms with Gasteiger partial charge in [-0.15, -0.1) is 0 Å². The summed E-state index contributed by atoms with van der Waals surface area (Å²) >= 11 is 0. The first-order valence-corrected chi connectivity index (χ1v) is 8.56. The molecule has 0 saturated heterocycles. The molecule has 27 heavy (non-hydrogen) atoms. The summed E-state index contributed by atoms with van der Waals surface area (Å²) in [6.45, 7) is -0.549. The van der Waals surface area contributed by atoms with E-state index in [0.717, 1.165) is 37.3 Å². The van der Waals surface area contributed by atoms with Crippen LogP contribution in [0.3, 0.4) is 0 Å². The van der Waals surface area contributed by atoms with Crippen LogP contribution in [0.1, 0.15) is 0 Å². The van der Waals surface area contributed by atoms with Gasteiger partial charge >= 0.3 is 22.1 Å². The highest BCUT2D eigenvalue weighted by molar-refractivity contribution is 7.86. The summed E-state index contributed by atoms with van der Waals surface area (Å²) < 4.78 is 46.2. The van der Waals surface area contributed by atoms with Gasteiger partial charge in [0.25, 0.3) is 5.69 Å². The fourth-order valence-electron chi connectivity index (χ4n) is 2.38. The molecule has 146 valence electrons. The van der Waals surface area contributed by atoms with Crippen LogP contribution >= 0.6 is 0 Å². The largest absolute Gasteiger partial charge is 0.466 e. The van der Waals surface area contributed by atoms with Gasteiger partial charge in [0.2, 0.25) is 0 Å². The molecule has 0 aromatic heterocycles. The third kappa shape index (κ3) is 4.05. The normalized spacial score (nSPS) is 14.7. The maximum Gasteiger partial charge on any atom is 0.355 e. The third-order valence-corrected chi connectivity index (χ3v) is 4.46. The van der Waals surface area contributed by atoms with E-state index in [1.165, 1.54) is 0 Å². The van der Waals surface area contributed by atoms with Crippen molar-refractivity contribution in [3.63, 3.8) is 0 Å². The van der Waals surface area contributed by atoms with Gasteiger partial charge in [0.05, 0.1) is 37.0 Å². The zero-order valence-electron chi connectivity index (χ0n) is 14.1. The van der Waals surface area contributed by atoms with Gasteiger partial charge in [0.15, 0.2) is 4.90 Å². The predicted molar refractivity (Wildman–Crippen MR) is 87.3 cm³/mol. The molecular formula is C14H14N2O10S. The Balaban J connectivity index is 2.68. The molecule has 1 aliphatic rings. The summed E-state index contributed by atoms with van der Waals surface area (Å²) in [7, 11) is -2.69. The summed E-state index contributed by atoms with van der Waals surface area (Å²) in [5.74, 6) is -1.80. The highest BCUT2D eigenvalue weighted by Gasteiger charge is 2.34. The summed E-state index contributed by atoms with van der Waals surface area (Å²) in [6.07, 6.45) is 0. The second kappa shape index (κ2) is 7.69. The number of hydrogen-bond acceptors (Lipinski definition) is 10. The van der Waals surface area contributed by atoms with Crippen molar-refractivity contribution in [1.29, 1.82) is 0 Å². The molecule has 0 aliphatic carbocycles. The Hall–Kier alpha value is -3.03. The van der Waals surface area contributed by atoms with Crippen LogP contribution in [0.4, 0.5) is 11.4 Å². The van der Waals surface area contributed by atoms with E-state index in [9.17, 15) is 28.1 Å². The molecule has 1 aliphatic heterocycles. The van der Waals surface area contributed by atoms with Crippen LogP contribution < -0.4 is 4.90 Å². The number of carbonyl (C=O) groups is 2. The predicted octanol–water partition coefficient (Wildman–Crippen LogP) is 0.236. The summed E-state index contributed by atoms with van der Waals surface area (Å²) in [5.41, 5.74) is -1.43. The number of hydrogen-bond donors (Lipinski definition) is 1. The van der Waals surface area contributed by atoms with Crippen molar-refractivity contribution in [2.45, 2.75) is 4.90 Å². The minimum Gasteiger partial charge on any atom is -0.466 e. The quantitative estimate of drug-likeness (QED) is 0.310. The second-order valence-electron chi connectivity index (χ2n) is 5.10. The van der Waals surface area contributed by atoms with Gasteiger partial charge < -0.3 is 19.1 Å². The van der Waals surface area contributed by atoms with Gasteiger partial charge in [0, 0.05) is 6.07 Å². The average Bonchev–Trinajstić information content (AvgIpc) is 2.64. The van der Waals surface area contributed by atoms with E-state index in [4.69, 9.17) is 9.29 Å². The molecule has 0 saturated carbocycles. The molecule has 12 nitrogen and oxygen atoms in total. The van der Waals surface area contributed by atoms with E-state index in [0.29, 0.717) is 0 Å². The first-order valence-electron chi connectivity index (χ1n) is 7.12. The molecule has 1 aromatic rings. The molecule has 0 bridgehead atoms. The molecular weight excluding hydrogens is 388 g/mol. The lowest BCUT2D eigenvalue weighted by Gasteiger charge is -2.31. The molecule has 1 heterocycles. The van der Waals surface area contributed by atoms with Crippen molar-refractivity contribution in [2.24, 2.45) is 0 Å². The van der Waals surface area contributed by atoms with Gasteiger partial charge in [-0.05, 0) is 12.1 Å². The molecule has 0 amide bonds. The topological polar surface area (TPSA) is 163 Å². The van der Waals surface area contributed by atoms with Crippen molar-refractivity contribution in [2.75, 3.05) is 32.5 Å². The molecule has 0 fully saturated rings. The van der Waals surface area contributed by atoms with Crippen LogP contribution in [0.15, 0.2) is 34.4 Å². The molecule has 1 N–H and O–H groups in total. The number of esters is 2. The Morgan fingerprint density at radius 1 is 1.26 bits per heavy atom. The van der Waals surface area contributed by atoms with E-state index < -0.39 is 37.6 Å². The number of carbonyl (C=O) groups excluding carboxylic acids is 2. The summed E-state index contributed by atoms with van der Waals surface area (Å²) in [6, 6.07) is 2.71. The number of nitro benzene ring substituents is 1. The lowest BCUT2D eigenvalue weighted by molar-refractivity contribution is -0.387. The highest BCUT2D eigenvalue weighted by Crippen LogP contribution is 2.33. The Morgan fingerprint density at radius 2 is 1.89 bits per heavy atom. The van der Waals surface area contributed by atoms with Crippen LogP contribution in [-0.4, -0.2) is 57.4 Å². The number of ether oxygens (including phenoxy) is 3. The van der Waals surface area contributed by atoms with E-state index in [1.54, 1.807) is 0 Å². The fourth-order valence-corrected chi connectivity index (χ4v) is 3.02. The molecule has 13 heteroatoms. The van der Waals surface area contributed by atoms with Crippen LogP contribution in [0.5, 0.6) is 0 Å². The molecule has 1 aromatic carbocycles. The number of nitrogens with zero attached hydrogens (tertiary/aromatic N) is 2. The number of rotatable bonds is 5. The summed E-state index contributed by atoms with van der Waals surface area (Å²) in [5, 5.41) is 11.2. The van der Waals surface area contributed by atoms with Crippen molar-refractivity contribution < 1.29 is 41.7 Å². The number of nitro groups is 1.